The Morgan fingerprint density at radius 2 is 1.89 bits per heavy atom. The third kappa shape index (κ3) is 4.21. The maximum absolute atomic E-state index is 12.1. The van der Waals surface area contributed by atoms with Crippen LogP contribution in [0.4, 0.5) is 0 Å². The van der Waals surface area contributed by atoms with Crippen molar-refractivity contribution < 1.29 is 13.2 Å². The van der Waals surface area contributed by atoms with Gasteiger partial charge in [0.25, 0.3) is 15.0 Å². The van der Waals surface area contributed by atoms with E-state index in [1.165, 1.54) is 18.2 Å². The molecule has 0 heterocycles. The van der Waals surface area contributed by atoms with E-state index in [1.54, 1.807) is 6.07 Å². The average molecular weight is 304 g/mol. The van der Waals surface area contributed by atoms with Crippen molar-refractivity contribution in [1.29, 1.82) is 0 Å². The number of hydrogen-bond acceptors (Lipinski definition) is 3. The fourth-order valence-electron chi connectivity index (χ4n) is 1.65. The summed E-state index contributed by atoms with van der Waals surface area (Å²) >= 11 is 0. The highest BCUT2D eigenvalue weighted by Crippen LogP contribution is 2.20. The number of rotatable bonds is 5. The monoisotopic (exact) mass is 303 g/mol. The van der Waals surface area contributed by atoms with Crippen LogP contribution >= 0.6 is 10.7 Å². The molecule has 19 heavy (non-hydrogen) atoms. The molecule has 0 aliphatic carbocycles. The minimum atomic E-state index is -3.93. The topological polar surface area (TPSA) is 63.2 Å². The molecule has 4 nitrogen and oxygen atoms in total. The standard InChI is InChI=1S/C13H18ClNO3S/c1-4-9(2)10(3)15-13(16)11-7-5-6-8-12(11)19(14,17)18/h5-10H,4H2,1-3H3,(H,15,16). The van der Waals surface area contributed by atoms with Crippen LogP contribution < -0.4 is 5.32 Å². The lowest BCUT2D eigenvalue weighted by Crippen LogP contribution is -2.37. The lowest BCUT2D eigenvalue weighted by Gasteiger charge is -2.20. The quantitative estimate of drug-likeness (QED) is 0.851. The van der Waals surface area contributed by atoms with Crippen LogP contribution in [-0.2, 0) is 9.05 Å². The molecule has 1 rings (SSSR count). The number of benzene rings is 1. The Bertz CT molecular complexity index is 557. The maximum Gasteiger partial charge on any atom is 0.262 e. The van der Waals surface area contributed by atoms with Gasteiger partial charge in [0.2, 0.25) is 0 Å². The predicted molar refractivity (Wildman–Crippen MR) is 75.9 cm³/mol. The molecule has 0 saturated heterocycles. The highest BCUT2D eigenvalue weighted by Gasteiger charge is 2.21. The fraction of sp³-hybridized carbons (Fsp3) is 0.462. The van der Waals surface area contributed by atoms with E-state index in [2.05, 4.69) is 5.32 Å². The van der Waals surface area contributed by atoms with Crippen molar-refractivity contribution in [2.24, 2.45) is 5.92 Å². The van der Waals surface area contributed by atoms with E-state index in [1.807, 2.05) is 20.8 Å². The SMILES string of the molecule is CCC(C)C(C)NC(=O)c1ccccc1S(=O)(=O)Cl. The molecule has 0 aliphatic heterocycles. The van der Waals surface area contributed by atoms with E-state index >= 15 is 0 Å². The van der Waals surface area contributed by atoms with Crippen molar-refractivity contribution in [1.82, 2.24) is 5.32 Å². The van der Waals surface area contributed by atoms with Crippen molar-refractivity contribution in [3.05, 3.63) is 29.8 Å². The van der Waals surface area contributed by atoms with Crippen LogP contribution in [0.5, 0.6) is 0 Å². The second kappa shape index (κ2) is 6.39. The molecular weight excluding hydrogens is 286 g/mol. The summed E-state index contributed by atoms with van der Waals surface area (Å²) in [5.41, 5.74) is 0.0765. The summed E-state index contributed by atoms with van der Waals surface area (Å²) in [6.07, 6.45) is 0.927. The van der Waals surface area contributed by atoms with E-state index in [9.17, 15) is 13.2 Å². The molecule has 6 heteroatoms. The zero-order valence-corrected chi connectivity index (χ0v) is 12.8. The summed E-state index contributed by atoms with van der Waals surface area (Å²) in [6, 6.07) is 5.88. The third-order valence-corrected chi connectivity index (χ3v) is 4.63. The predicted octanol–water partition coefficient (Wildman–Crippen LogP) is 2.78. The average Bonchev–Trinajstić information content (AvgIpc) is 2.36. The Labute approximate surface area is 118 Å². The number of hydrogen-bond donors (Lipinski definition) is 1. The first-order chi connectivity index (χ1) is 8.77. The van der Waals surface area contributed by atoms with E-state index in [0.29, 0.717) is 5.92 Å². The van der Waals surface area contributed by atoms with Crippen LogP contribution in [0.3, 0.4) is 0 Å². The van der Waals surface area contributed by atoms with E-state index in [-0.39, 0.29) is 16.5 Å². The van der Waals surface area contributed by atoms with Gasteiger partial charge < -0.3 is 5.32 Å². The van der Waals surface area contributed by atoms with Crippen molar-refractivity contribution in [2.75, 3.05) is 0 Å². The molecule has 2 atom stereocenters. The lowest BCUT2D eigenvalue weighted by atomic mass is 10.0. The smallest absolute Gasteiger partial charge is 0.262 e. The maximum atomic E-state index is 12.1. The van der Waals surface area contributed by atoms with Gasteiger partial charge >= 0.3 is 0 Å². The van der Waals surface area contributed by atoms with Gasteiger partial charge in [0.15, 0.2) is 0 Å². The number of carbonyl (C=O) groups is 1. The number of carbonyl (C=O) groups excluding carboxylic acids is 1. The second-order valence-electron chi connectivity index (χ2n) is 4.58. The third-order valence-electron chi connectivity index (χ3n) is 3.25. The van der Waals surface area contributed by atoms with Crippen molar-refractivity contribution in [2.45, 2.75) is 38.1 Å². The zero-order valence-electron chi connectivity index (χ0n) is 11.2. The van der Waals surface area contributed by atoms with Crippen LogP contribution in [0.1, 0.15) is 37.6 Å². The first kappa shape index (κ1) is 16.0. The molecule has 0 saturated carbocycles. The molecule has 0 bridgehead atoms. The van der Waals surface area contributed by atoms with Crippen LogP contribution in [0.25, 0.3) is 0 Å². The van der Waals surface area contributed by atoms with Crippen LogP contribution in [0.2, 0.25) is 0 Å². The molecule has 1 aromatic rings. The highest BCUT2D eigenvalue weighted by atomic mass is 35.7. The minimum absolute atomic E-state index is 0.0383. The van der Waals surface area contributed by atoms with E-state index in [0.717, 1.165) is 6.42 Å². The molecule has 0 aliphatic rings. The highest BCUT2D eigenvalue weighted by molar-refractivity contribution is 8.13. The number of halogens is 1. The van der Waals surface area contributed by atoms with Crippen molar-refractivity contribution in [3.63, 3.8) is 0 Å². The summed E-state index contributed by atoms with van der Waals surface area (Å²) < 4.78 is 22.8. The van der Waals surface area contributed by atoms with Gasteiger partial charge in [-0.3, -0.25) is 4.79 Å². The summed E-state index contributed by atoms with van der Waals surface area (Å²) in [6.45, 7) is 5.95. The summed E-state index contributed by atoms with van der Waals surface area (Å²) in [5, 5.41) is 2.80. The van der Waals surface area contributed by atoms with Crippen molar-refractivity contribution >= 4 is 25.6 Å². The van der Waals surface area contributed by atoms with E-state index < -0.39 is 15.0 Å². The summed E-state index contributed by atoms with van der Waals surface area (Å²) in [5.74, 6) is -0.114. The van der Waals surface area contributed by atoms with Crippen molar-refractivity contribution in [3.8, 4) is 0 Å². The largest absolute Gasteiger partial charge is 0.349 e. The van der Waals surface area contributed by atoms with Gasteiger partial charge in [0, 0.05) is 16.7 Å². The lowest BCUT2D eigenvalue weighted by molar-refractivity contribution is 0.0925. The van der Waals surface area contributed by atoms with Crippen LogP contribution in [-0.4, -0.2) is 20.4 Å². The van der Waals surface area contributed by atoms with Crippen LogP contribution in [0.15, 0.2) is 29.2 Å². The summed E-state index contributed by atoms with van der Waals surface area (Å²) in [4.78, 5) is 11.9. The normalized spacial score (nSPS) is 14.7. The first-order valence-electron chi connectivity index (χ1n) is 6.12. The fourth-order valence-corrected chi connectivity index (χ4v) is 2.72. The van der Waals surface area contributed by atoms with Crippen LogP contribution in [0, 0.1) is 5.92 Å². The molecule has 0 spiro atoms. The number of nitrogens with one attached hydrogen (secondary N) is 1. The van der Waals surface area contributed by atoms with Gasteiger partial charge in [-0.1, -0.05) is 32.4 Å². The molecule has 0 aromatic heterocycles. The molecular formula is C13H18ClNO3S. The Balaban J connectivity index is 3.02. The van der Waals surface area contributed by atoms with Gasteiger partial charge in [-0.2, -0.15) is 0 Å². The summed E-state index contributed by atoms with van der Waals surface area (Å²) in [7, 11) is 1.40. The second-order valence-corrected chi connectivity index (χ2v) is 7.12. The van der Waals surface area contributed by atoms with E-state index in [4.69, 9.17) is 10.7 Å². The Morgan fingerprint density at radius 3 is 2.42 bits per heavy atom. The molecule has 0 radical (unpaired) electrons. The zero-order chi connectivity index (χ0) is 14.6. The Morgan fingerprint density at radius 1 is 1.32 bits per heavy atom. The Kier molecular flexibility index (Phi) is 5.38. The number of amides is 1. The molecule has 2 unspecified atom stereocenters. The Hall–Kier alpha value is -1.07. The molecule has 1 N–H and O–H groups in total. The van der Waals surface area contributed by atoms with Gasteiger partial charge in [0.05, 0.1) is 10.5 Å². The van der Waals surface area contributed by atoms with Gasteiger partial charge in [-0.05, 0) is 25.0 Å². The molecule has 106 valence electrons. The van der Waals surface area contributed by atoms with Gasteiger partial charge in [0.1, 0.15) is 0 Å². The minimum Gasteiger partial charge on any atom is -0.349 e. The molecule has 1 amide bonds. The van der Waals surface area contributed by atoms with Gasteiger partial charge in [-0.15, -0.1) is 0 Å². The molecule has 1 aromatic carbocycles. The van der Waals surface area contributed by atoms with Gasteiger partial charge in [-0.25, -0.2) is 8.42 Å². The first-order valence-corrected chi connectivity index (χ1v) is 8.42. The molecule has 0 fully saturated rings.